The molecule has 0 saturated carbocycles. The number of nitrogens with one attached hydrogen (secondary N) is 2. The van der Waals surface area contributed by atoms with E-state index in [4.69, 9.17) is 18.9 Å². The highest BCUT2D eigenvalue weighted by Gasteiger charge is 2.14. The van der Waals surface area contributed by atoms with Gasteiger partial charge in [0.15, 0.2) is 11.5 Å². The molecule has 0 bridgehead atoms. The molecule has 0 atom stereocenters. The number of ether oxygens (including phenoxy) is 4. The van der Waals surface area contributed by atoms with Gasteiger partial charge in [-0.15, -0.1) is 0 Å². The Morgan fingerprint density at radius 3 is 2.00 bits per heavy atom. The number of carbonyl (C=O) groups excluding carboxylic acids is 1. The Morgan fingerprint density at radius 2 is 1.50 bits per heavy atom. The number of anilines is 1. The van der Waals surface area contributed by atoms with Crippen molar-refractivity contribution < 1.29 is 23.7 Å². The molecule has 0 aliphatic rings. The van der Waals surface area contributed by atoms with E-state index in [2.05, 4.69) is 10.6 Å². The van der Waals surface area contributed by atoms with Crippen molar-refractivity contribution in [2.75, 3.05) is 40.3 Å². The van der Waals surface area contributed by atoms with Crippen LogP contribution in [0.25, 0.3) is 0 Å². The van der Waals surface area contributed by atoms with Crippen molar-refractivity contribution in [2.24, 2.45) is 0 Å². The first kappa shape index (κ1) is 19.4. The maximum absolute atomic E-state index is 12.2. The van der Waals surface area contributed by atoms with Crippen molar-refractivity contribution in [3.63, 3.8) is 0 Å². The van der Waals surface area contributed by atoms with Crippen molar-refractivity contribution in [1.82, 2.24) is 5.32 Å². The third-order valence-electron chi connectivity index (χ3n) is 3.72. The lowest BCUT2D eigenvalue weighted by Gasteiger charge is -2.14. The molecule has 7 heteroatoms. The van der Waals surface area contributed by atoms with Gasteiger partial charge < -0.3 is 29.6 Å². The van der Waals surface area contributed by atoms with Crippen molar-refractivity contribution in [1.29, 1.82) is 0 Å². The van der Waals surface area contributed by atoms with E-state index in [1.54, 1.807) is 19.2 Å². The minimum atomic E-state index is -0.173. The van der Waals surface area contributed by atoms with Gasteiger partial charge in [-0.1, -0.05) is 12.1 Å². The molecule has 26 heavy (non-hydrogen) atoms. The van der Waals surface area contributed by atoms with Crippen molar-refractivity contribution in [2.45, 2.75) is 6.54 Å². The monoisotopic (exact) mass is 360 g/mol. The maximum Gasteiger partial charge on any atom is 0.238 e. The van der Waals surface area contributed by atoms with Gasteiger partial charge >= 0.3 is 0 Å². The number of amides is 1. The lowest BCUT2D eigenvalue weighted by atomic mass is 10.2. The summed E-state index contributed by atoms with van der Waals surface area (Å²) < 4.78 is 20.9. The summed E-state index contributed by atoms with van der Waals surface area (Å²) in [6.45, 7) is 0.745. The molecule has 2 aromatic rings. The highest BCUT2D eigenvalue weighted by Crippen LogP contribution is 2.39. The molecule has 0 fully saturated rings. The smallest absolute Gasteiger partial charge is 0.238 e. The fourth-order valence-electron chi connectivity index (χ4n) is 2.42. The van der Waals surface area contributed by atoms with Crippen molar-refractivity contribution in [3.8, 4) is 23.0 Å². The highest BCUT2D eigenvalue weighted by atomic mass is 16.5. The standard InChI is InChI=1S/C19H24N2O5/c1-23-15-7-5-13(6-8-15)11-20-12-18(22)21-14-9-16(24-2)19(26-4)17(10-14)25-3/h5-10,20H,11-12H2,1-4H3,(H,21,22). The molecule has 2 N–H and O–H groups in total. The summed E-state index contributed by atoms with van der Waals surface area (Å²) in [6.07, 6.45) is 0. The van der Waals surface area contributed by atoms with Crippen molar-refractivity contribution in [3.05, 3.63) is 42.0 Å². The minimum Gasteiger partial charge on any atom is -0.497 e. The van der Waals surface area contributed by atoms with E-state index in [-0.39, 0.29) is 12.5 Å². The number of methoxy groups -OCH3 is 4. The van der Waals surface area contributed by atoms with Gasteiger partial charge in [-0.2, -0.15) is 0 Å². The van der Waals surface area contributed by atoms with Crippen LogP contribution >= 0.6 is 0 Å². The second-order valence-corrected chi connectivity index (χ2v) is 5.41. The van der Waals surface area contributed by atoms with E-state index in [1.807, 2.05) is 24.3 Å². The topological polar surface area (TPSA) is 78.1 Å². The lowest BCUT2D eigenvalue weighted by molar-refractivity contribution is -0.115. The van der Waals surface area contributed by atoms with E-state index in [9.17, 15) is 4.79 Å². The molecule has 2 rings (SSSR count). The molecule has 140 valence electrons. The Morgan fingerprint density at radius 1 is 0.885 bits per heavy atom. The number of hydrogen-bond donors (Lipinski definition) is 2. The lowest BCUT2D eigenvalue weighted by Crippen LogP contribution is -2.27. The molecule has 2 aromatic carbocycles. The van der Waals surface area contributed by atoms with E-state index in [0.717, 1.165) is 11.3 Å². The summed E-state index contributed by atoms with van der Waals surface area (Å²) in [7, 11) is 6.21. The summed E-state index contributed by atoms with van der Waals surface area (Å²) in [5, 5.41) is 5.91. The second kappa shape index (κ2) is 9.53. The van der Waals surface area contributed by atoms with Gasteiger partial charge in [-0.05, 0) is 17.7 Å². The zero-order valence-corrected chi connectivity index (χ0v) is 15.4. The van der Waals surface area contributed by atoms with Crippen LogP contribution in [0.2, 0.25) is 0 Å². The van der Waals surface area contributed by atoms with Crippen LogP contribution in [0, 0.1) is 0 Å². The third kappa shape index (κ3) is 5.03. The third-order valence-corrected chi connectivity index (χ3v) is 3.72. The van der Waals surface area contributed by atoms with Crippen LogP contribution in [-0.4, -0.2) is 40.9 Å². The second-order valence-electron chi connectivity index (χ2n) is 5.41. The van der Waals surface area contributed by atoms with E-state index in [1.165, 1.54) is 21.3 Å². The number of rotatable bonds is 9. The van der Waals surface area contributed by atoms with Gasteiger partial charge in [0, 0.05) is 24.4 Å². The molecule has 0 aromatic heterocycles. The van der Waals surface area contributed by atoms with Crippen LogP contribution in [0.3, 0.4) is 0 Å². The molecule has 0 saturated heterocycles. The van der Waals surface area contributed by atoms with E-state index in [0.29, 0.717) is 29.5 Å². The molecule has 0 radical (unpaired) electrons. The van der Waals surface area contributed by atoms with Crippen LogP contribution < -0.4 is 29.6 Å². The fourth-order valence-corrected chi connectivity index (χ4v) is 2.42. The number of hydrogen-bond acceptors (Lipinski definition) is 6. The van der Waals surface area contributed by atoms with Crippen LogP contribution in [0.5, 0.6) is 23.0 Å². The van der Waals surface area contributed by atoms with Crippen LogP contribution in [-0.2, 0) is 11.3 Å². The zero-order valence-electron chi connectivity index (χ0n) is 15.4. The summed E-state index contributed by atoms with van der Waals surface area (Å²) >= 11 is 0. The normalized spacial score (nSPS) is 10.2. The Hall–Kier alpha value is -2.93. The van der Waals surface area contributed by atoms with Gasteiger partial charge in [0.2, 0.25) is 11.7 Å². The van der Waals surface area contributed by atoms with E-state index >= 15 is 0 Å². The van der Waals surface area contributed by atoms with Gasteiger partial charge in [0.05, 0.1) is 35.0 Å². The molecule has 0 aliphatic heterocycles. The maximum atomic E-state index is 12.2. The first-order valence-electron chi connectivity index (χ1n) is 8.04. The Labute approximate surface area is 153 Å². The molecular formula is C19H24N2O5. The molecular weight excluding hydrogens is 336 g/mol. The number of carbonyl (C=O) groups is 1. The quantitative estimate of drug-likeness (QED) is 0.715. The number of benzene rings is 2. The highest BCUT2D eigenvalue weighted by molar-refractivity contribution is 5.93. The van der Waals surface area contributed by atoms with Gasteiger partial charge in [-0.3, -0.25) is 4.79 Å². The first-order valence-corrected chi connectivity index (χ1v) is 8.04. The largest absolute Gasteiger partial charge is 0.497 e. The summed E-state index contributed by atoms with van der Waals surface area (Å²) in [4.78, 5) is 12.2. The molecule has 0 spiro atoms. The van der Waals surface area contributed by atoms with Gasteiger partial charge in [-0.25, -0.2) is 0 Å². The average Bonchev–Trinajstić information content (AvgIpc) is 2.67. The molecule has 0 heterocycles. The minimum absolute atomic E-state index is 0.169. The Kier molecular flexibility index (Phi) is 7.11. The van der Waals surface area contributed by atoms with Gasteiger partial charge in [0.25, 0.3) is 0 Å². The Bertz CT molecular complexity index is 706. The predicted molar refractivity (Wildman–Crippen MR) is 99.4 cm³/mol. The first-order chi connectivity index (χ1) is 12.6. The van der Waals surface area contributed by atoms with E-state index < -0.39 is 0 Å². The van der Waals surface area contributed by atoms with Crippen LogP contribution in [0.15, 0.2) is 36.4 Å². The predicted octanol–water partition coefficient (Wildman–Crippen LogP) is 2.45. The van der Waals surface area contributed by atoms with Gasteiger partial charge in [0.1, 0.15) is 5.75 Å². The fraction of sp³-hybridized carbons (Fsp3) is 0.316. The summed E-state index contributed by atoms with van der Waals surface area (Å²) in [5.41, 5.74) is 1.63. The molecule has 7 nitrogen and oxygen atoms in total. The zero-order chi connectivity index (χ0) is 18.9. The summed E-state index contributed by atoms with van der Waals surface area (Å²) in [5.74, 6) is 2.06. The average molecular weight is 360 g/mol. The van der Waals surface area contributed by atoms with Crippen LogP contribution in [0.4, 0.5) is 5.69 Å². The SMILES string of the molecule is COc1ccc(CNCC(=O)Nc2cc(OC)c(OC)c(OC)c2)cc1. The summed E-state index contributed by atoms with van der Waals surface area (Å²) in [6, 6.07) is 11.0. The Balaban J connectivity index is 1.92. The van der Waals surface area contributed by atoms with Crippen molar-refractivity contribution >= 4 is 11.6 Å². The molecule has 0 aliphatic carbocycles. The molecule has 1 amide bonds. The van der Waals surface area contributed by atoms with Crippen LogP contribution in [0.1, 0.15) is 5.56 Å². The molecule has 0 unspecified atom stereocenters.